The number of rotatable bonds is 10. The van der Waals surface area contributed by atoms with E-state index < -0.39 is 0 Å². The zero-order chi connectivity index (χ0) is 19.5. The Balaban J connectivity index is 0.00000392. The third kappa shape index (κ3) is 8.13. The van der Waals surface area contributed by atoms with Crippen molar-refractivity contribution < 1.29 is 4.74 Å². The molecule has 0 saturated carbocycles. The summed E-state index contributed by atoms with van der Waals surface area (Å²) >= 11 is 0. The molecule has 0 amide bonds. The number of benzene rings is 1. The highest BCUT2D eigenvalue weighted by Crippen LogP contribution is 2.31. The van der Waals surface area contributed by atoms with Crippen molar-refractivity contribution in [2.45, 2.75) is 32.2 Å². The van der Waals surface area contributed by atoms with Crippen LogP contribution in [0.2, 0.25) is 0 Å². The number of para-hydroxylation sites is 1. The number of hydrogen-bond donors (Lipinski definition) is 2. The molecule has 1 aromatic rings. The topological polar surface area (TPSA) is 52.1 Å². The Morgan fingerprint density at radius 3 is 2.57 bits per heavy atom. The molecule has 28 heavy (non-hydrogen) atoms. The molecule has 7 heteroatoms. The fraction of sp³-hybridized carbons (Fsp3) is 0.667. The highest BCUT2D eigenvalue weighted by Gasteiger charge is 2.25. The van der Waals surface area contributed by atoms with E-state index in [1.807, 2.05) is 12.1 Å². The second-order valence-corrected chi connectivity index (χ2v) is 7.30. The molecule has 0 radical (unpaired) electrons. The van der Waals surface area contributed by atoms with Crippen LogP contribution in [0.3, 0.4) is 0 Å². The van der Waals surface area contributed by atoms with Gasteiger partial charge in [-0.05, 0) is 66.0 Å². The third-order valence-electron chi connectivity index (χ3n) is 4.92. The van der Waals surface area contributed by atoms with Gasteiger partial charge in [0.15, 0.2) is 5.96 Å². The summed E-state index contributed by atoms with van der Waals surface area (Å²) in [4.78, 5) is 9.65. The lowest BCUT2D eigenvalue weighted by Crippen LogP contribution is -2.39. The van der Waals surface area contributed by atoms with Crippen molar-refractivity contribution >= 4 is 29.9 Å². The van der Waals surface area contributed by atoms with Crippen LogP contribution in [0.25, 0.3) is 0 Å². The largest absolute Gasteiger partial charge is 0.496 e. The molecule has 0 aliphatic carbocycles. The van der Waals surface area contributed by atoms with Crippen LogP contribution in [-0.2, 0) is 0 Å². The van der Waals surface area contributed by atoms with Crippen LogP contribution in [0, 0.1) is 0 Å². The van der Waals surface area contributed by atoms with Crippen molar-refractivity contribution in [3.8, 4) is 5.75 Å². The number of guanidine groups is 1. The summed E-state index contributed by atoms with van der Waals surface area (Å²) in [6.07, 6.45) is 3.62. The smallest absolute Gasteiger partial charge is 0.191 e. The van der Waals surface area contributed by atoms with E-state index >= 15 is 0 Å². The number of ether oxygens (including phenoxy) is 1. The van der Waals surface area contributed by atoms with Crippen molar-refractivity contribution in [2.75, 3.05) is 60.5 Å². The third-order valence-corrected chi connectivity index (χ3v) is 4.92. The Morgan fingerprint density at radius 2 is 1.93 bits per heavy atom. The maximum absolute atomic E-state index is 5.63. The van der Waals surface area contributed by atoms with Crippen molar-refractivity contribution in [1.82, 2.24) is 20.4 Å². The second kappa shape index (κ2) is 14.0. The molecule has 1 aliphatic heterocycles. The lowest BCUT2D eigenvalue weighted by atomic mass is 10.0. The summed E-state index contributed by atoms with van der Waals surface area (Å²) in [6.45, 7) is 7.95. The molecule has 1 aromatic carbocycles. The van der Waals surface area contributed by atoms with E-state index in [4.69, 9.17) is 9.73 Å². The standard InChI is InChI=1S/C21H37N5O.HI/c1-5-22-21(23-13-10-14-25(2)3)24-17-19(26-15-8-9-16-26)18-11-6-7-12-20(18)27-4;/h6-7,11-12,19H,5,8-10,13-17H2,1-4H3,(H2,22,23,24);1H. The molecule has 1 saturated heterocycles. The van der Waals surface area contributed by atoms with Crippen LogP contribution >= 0.6 is 24.0 Å². The lowest BCUT2D eigenvalue weighted by Gasteiger charge is -2.28. The predicted molar refractivity (Wildman–Crippen MR) is 129 cm³/mol. The summed E-state index contributed by atoms with van der Waals surface area (Å²) in [5, 5.41) is 6.84. The molecule has 2 N–H and O–H groups in total. The maximum Gasteiger partial charge on any atom is 0.191 e. The highest BCUT2D eigenvalue weighted by molar-refractivity contribution is 14.0. The van der Waals surface area contributed by atoms with E-state index in [1.54, 1.807) is 7.11 Å². The Hall–Kier alpha value is -1.06. The molecule has 0 bridgehead atoms. The fourth-order valence-electron chi connectivity index (χ4n) is 3.53. The summed E-state index contributed by atoms with van der Waals surface area (Å²) in [5.41, 5.74) is 1.23. The average molecular weight is 503 g/mol. The first-order valence-corrected chi connectivity index (χ1v) is 10.2. The first-order valence-electron chi connectivity index (χ1n) is 10.2. The van der Waals surface area contributed by atoms with Crippen molar-refractivity contribution in [2.24, 2.45) is 4.99 Å². The summed E-state index contributed by atoms with van der Waals surface area (Å²) < 4.78 is 5.63. The van der Waals surface area contributed by atoms with Gasteiger partial charge in [0.1, 0.15) is 5.75 Å². The molecular weight excluding hydrogens is 465 g/mol. The minimum absolute atomic E-state index is 0. The molecule has 1 fully saturated rings. The maximum atomic E-state index is 5.63. The van der Waals surface area contributed by atoms with Gasteiger partial charge in [-0.2, -0.15) is 0 Å². The van der Waals surface area contributed by atoms with Gasteiger partial charge in [0.05, 0.1) is 19.7 Å². The molecule has 1 heterocycles. The average Bonchev–Trinajstić information content (AvgIpc) is 3.20. The van der Waals surface area contributed by atoms with Crippen molar-refractivity contribution in [3.63, 3.8) is 0 Å². The molecule has 2 rings (SSSR count). The van der Waals surface area contributed by atoms with Gasteiger partial charge in [-0.25, -0.2) is 0 Å². The van der Waals surface area contributed by atoms with Crippen LogP contribution in [0.4, 0.5) is 0 Å². The van der Waals surface area contributed by atoms with Gasteiger partial charge in [-0.15, -0.1) is 24.0 Å². The van der Waals surface area contributed by atoms with Crippen molar-refractivity contribution in [3.05, 3.63) is 29.8 Å². The summed E-state index contributed by atoms with van der Waals surface area (Å²) in [7, 11) is 5.96. The number of nitrogens with one attached hydrogen (secondary N) is 2. The Kier molecular flexibility index (Phi) is 12.5. The van der Waals surface area contributed by atoms with E-state index in [0.717, 1.165) is 57.4 Å². The molecule has 1 atom stereocenters. The molecule has 0 aromatic heterocycles. The van der Waals surface area contributed by atoms with Crippen LogP contribution in [0.15, 0.2) is 29.3 Å². The summed E-state index contributed by atoms with van der Waals surface area (Å²) in [5.74, 6) is 1.85. The van der Waals surface area contributed by atoms with E-state index in [9.17, 15) is 0 Å². The molecule has 6 nitrogen and oxygen atoms in total. The second-order valence-electron chi connectivity index (χ2n) is 7.30. The minimum Gasteiger partial charge on any atom is -0.496 e. The summed E-state index contributed by atoms with van der Waals surface area (Å²) in [6, 6.07) is 8.60. The number of likely N-dealkylation sites (tertiary alicyclic amines) is 1. The first kappa shape index (κ1) is 25.0. The molecule has 1 aliphatic rings. The first-order chi connectivity index (χ1) is 13.2. The number of methoxy groups -OCH3 is 1. The zero-order valence-electron chi connectivity index (χ0n) is 17.9. The van der Waals surface area contributed by atoms with Gasteiger partial charge in [-0.1, -0.05) is 18.2 Å². The Bertz CT molecular complexity index is 576. The highest BCUT2D eigenvalue weighted by atomic mass is 127. The van der Waals surface area contributed by atoms with Crippen LogP contribution in [0.1, 0.15) is 37.8 Å². The SMILES string of the molecule is CCNC(=NCC(c1ccccc1OC)N1CCCC1)NCCCN(C)C.I. The van der Waals surface area contributed by atoms with E-state index in [1.165, 1.54) is 18.4 Å². The molecule has 1 unspecified atom stereocenters. The monoisotopic (exact) mass is 503 g/mol. The molecular formula is C21H38IN5O. The van der Waals surface area contributed by atoms with Crippen LogP contribution in [0.5, 0.6) is 5.75 Å². The van der Waals surface area contributed by atoms with Gasteiger partial charge in [0, 0.05) is 18.7 Å². The van der Waals surface area contributed by atoms with Crippen molar-refractivity contribution in [1.29, 1.82) is 0 Å². The number of nitrogens with zero attached hydrogens (tertiary/aromatic N) is 3. The Morgan fingerprint density at radius 1 is 1.21 bits per heavy atom. The lowest BCUT2D eigenvalue weighted by molar-refractivity contribution is 0.245. The van der Waals surface area contributed by atoms with E-state index in [-0.39, 0.29) is 30.0 Å². The molecule has 160 valence electrons. The van der Waals surface area contributed by atoms with E-state index in [2.05, 4.69) is 53.6 Å². The Labute approximate surface area is 188 Å². The number of hydrogen-bond acceptors (Lipinski definition) is 4. The number of aliphatic imine (C=N–C) groups is 1. The van der Waals surface area contributed by atoms with Crippen LogP contribution in [-0.4, -0.2) is 76.2 Å². The van der Waals surface area contributed by atoms with Gasteiger partial charge in [0.25, 0.3) is 0 Å². The fourth-order valence-corrected chi connectivity index (χ4v) is 3.53. The normalized spacial score (nSPS) is 16.0. The quantitative estimate of drug-likeness (QED) is 0.223. The molecule has 0 spiro atoms. The van der Waals surface area contributed by atoms with Crippen LogP contribution < -0.4 is 15.4 Å². The van der Waals surface area contributed by atoms with Gasteiger partial charge < -0.3 is 20.3 Å². The van der Waals surface area contributed by atoms with Gasteiger partial charge >= 0.3 is 0 Å². The van der Waals surface area contributed by atoms with Gasteiger partial charge in [-0.3, -0.25) is 9.89 Å². The van der Waals surface area contributed by atoms with Gasteiger partial charge in [0.2, 0.25) is 0 Å². The predicted octanol–water partition coefficient (Wildman–Crippen LogP) is 2.96. The minimum atomic E-state index is 0. The zero-order valence-corrected chi connectivity index (χ0v) is 20.2. The number of halogens is 1. The van der Waals surface area contributed by atoms with E-state index in [0.29, 0.717) is 0 Å².